The van der Waals surface area contributed by atoms with Gasteiger partial charge in [0.2, 0.25) is 5.91 Å². The van der Waals surface area contributed by atoms with Crippen molar-refractivity contribution in [3.05, 3.63) is 35.4 Å². The Balaban J connectivity index is 2.81. The summed E-state index contributed by atoms with van der Waals surface area (Å²) in [5, 5.41) is 8.81. The number of carbonyl (C=O) groups is 1. The molecule has 114 valence electrons. The highest BCUT2D eigenvalue weighted by molar-refractivity contribution is 5.82. The van der Waals surface area contributed by atoms with Crippen LogP contribution in [-0.2, 0) is 11.3 Å². The maximum Gasteiger partial charge on any atom is 0.240 e. The summed E-state index contributed by atoms with van der Waals surface area (Å²) in [7, 11) is 0. The van der Waals surface area contributed by atoms with E-state index in [0.29, 0.717) is 18.7 Å². The standard InChI is InChI=1S/C17H25N3O/c1-4-10-20(17(21)16(19)13(3)5-2)12-15-8-6-14(11-18)7-9-15/h6-9,13,16H,4-5,10,12,19H2,1-3H3. The minimum absolute atomic E-state index is 0.00978. The van der Waals surface area contributed by atoms with Crippen molar-refractivity contribution in [2.75, 3.05) is 6.54 Å². The van der Waals surface area contributed by atoms with Crippen LogP contribution in [0.25, 0.3) is 0 Å². The van der Waals surface area contributed by atoms with Crippen molar-refractivity contribution < 1.29 is 4.79 Å². The Morgan fingerprint density at radius 2 is 1.95 bits per heavy atom. The number of nitrogens with two attached hydrogens (primary N) is 1. The Hall–Kier alpha value is -1.86. The smallest absolute Gasteiger partial charge is 0.240 e. The lowest BCUT2D eigenvalue weighted by atomic mass is 9.98. The summed E-state index contributed by atoms with van der Waals surface area (Å²) in [6.07, 6.45) is 1.79. The lowest BCUT2D eigenvalue weighted by molar-refractivity contribution is -0.134. The first-order valence-electron chi connectivity index (χ1n) is 7.56. The van der Waals surface area contributed by atoms with Crippen molar-refractivity contribution in [2.24, 2.45) is 11.7 Å². The number of hydrogen-bond acceptors (Lipinski definition) is 3. The lowest BCUT2D eigenvalue weighted by Gasteiger charge is -2.28. The van der Waals surface area contributed by atoms with Gasteiger partial charge in [-0.15, -0.1) is 0 Å². The van der Waals surface area contributed by atoms with Crippen molar-refractivity contribution in [1.29, 1.82) is 5.26 Å². The molecule has 0 aromatic heterocycles. The SMILES string of the molecule is CCCN(Cc1ccc(C#N)cc1)C(=O)C(N)C(C)CC. The van der Waals surface area contributed by atoms with Gasteiger partial charge in [-0.3, -0.25) is 4.79 Å². The normalized spacial score (nSPS) is 13.3. The zero-order chi connectivity index (χ0) is 15.8. The van der Waals surface area contributed by atoms with Crippen LogP contribution in [0.4, 0.5) is 0 Å². The average Bonchev–Trinajstić information content (AvgIpc) is 2.52. The summed E-state index contributed by atoms with van der Waals surface area (Å²) >= 11 is 0. The molecule has 2 unspecified atom stereocenters. The minimum atomic E-state index is -0.445. The number of amides is 1. The van der Waals surface area contributed by atoms with Gasteiger partial charge in [-0.2, -0.15) is 5.26 Å². The molecule has 1 aromatic carbocycles. The van der Waals surface area contributed by atoms with E-state index in [0.717, 1.165) is 18.4 Å². The highest BCUT2D eigenvalue weighted by Gasteiger charge is 2.24. The van der Waals surface area contributed by atoms with Crippen LogP contribution in [0.3, 0.4) is 0 Å². The van der Waals surface area contributed by atoms with E-state index in [1.165, 1.54) is 0 Å². The Morgan fingerprint density at radius 1 is 1.33 bits per heavy atom. The second-order valence-corrected chi connectivity index (χ2v) is 5.48. The second kappa shape index (κ2) is 8.43. The van der Waals surface area contributed by atoms with E-state index in [1.54, 1.807) is 12.1 Å². The number of nitrogens with zero attached hydrogens (tertiary/aromatic N) is 2. The van der Waals surface area contributed by atoms with E-state index in [1.807, 2.05) is 37.8 Å². The Morgan fingerprint density at radius 3 is 2.43 bits per heavy atom. The molecule has 4 heteroatoms. The molecule has 2 N–H and O–H groups in total. The van der Waals surface area contributed by atoms with Crippen LogP contribution in [0.2, 0.25) is 0 Å². The number of hydrogen-bond donors (Lipinski definition) is 1. The van der Waals surface area contributed by atoms with Crippen LogP contribution in [0.1, 0.15) is 44.7 Å². The Bertz CT molecular complexity index is 490. The number of rotatable bonds is 7. The van der Waals surface area contributed by atoms with E-state index in [4.69, 9.17) is 11.0 Å². The maximum absolute atomic E-state index is 12.5. The maximum atomic E-state index is 12.5. The molecule has 0 spiro atoms. The van der Waals surface area contributed by atoms with Gasteiger partial charge in [-0.25, -0.2) is 0 Å². The van der Waals surface area contributed by atoms with Gasteiger partial charge in [-0.1, -0.05) is 39.3 Å². The van der Waals surface area contributed by atoms with E-state index in [-0.39, 0.29) is 11.8 Å². The van der Waals surface area contributed by atoms with Crippen molar-refractivity contribution in [3.63, 3.8) is 0 Å². The van der Waals surface area contributed by atoms with Gasteiger partial charge in [0, 0.05) is 13.1 Å². The van der Waals surface area contributed by atoms with E-state index >= 15 is 0 Å². The molecule has 2 atom stereocenters. The van der Waals surface area contributed by atoms with Crippen LogP contribution in [0, 0.1) is 17.2 Å². The van der Waals surface area contributed by atoms with Crippen LogP contribution in [-0.4, -0.2) is 23.4 Å². The molecule has 1 amide bonds. The minimum Gasteiger partial charge on any atom is -0.337 e. The Labute approximate surface area is 127 Å². The van der Waals surface area contributed by atoms with Crippen molar-refractivity contribution >= 4 is 5.91 Å². The topological polar surface area (TPSA) is 70.1 Å². The van der Waals surface area contributed by atoms with Crippen LogP contribution >= 0.6 is 0 Å². The molecule has 1 rings (SSSR count). The molecule has 0 saturated heterocycles. The predicted molar refractivity (Wildman–Crippen MR) is 84.3 cm³/mol. The number of nitriles is 1. The highest BCUT2D eigenvalue weighted by atomic mass is 16.2. The van der Waals surface area contributed by atoms with Gasteiger partial charge >= 0.3 is 0 Å². The number of benzene rings is 1. The lowest BCUT2D eigenvalue weighted by Crippen LogP contribution is -2.47. The monoisotopic (exact) mass is 287 g/mol. The van der Waals surface area contributed by atoms with Crippen molar-refractivity contribution in [1.82, 2.24) is 4.90 Å². The van der Waals surface area contributed by atoms with Crippen molar-refractivity contribution in [3.8, 4) is 6.07 Å². The molecule has 0 saturated carbocycles. The van der Waals surface area contributed by atoms with E-state index in [9.17, 15) is 4.79 Å². The molecule has 0 heterocycles. The molecule has 1 aromatic rings. The van der Waals surface area contributed by atoms with Crippen LogP contribution in [0.5, 0.6) is 0 Å². The predicted octanol–water partition coefficient (Wildman–Crippen LogP) is 2.67. The summed E-state index contributed by atoms with van der Waals surface area (Å²) in [5.41, 5.74) is 7.72. The average molecular weight is 287 g/mol. The molecule has 0 fully saturated rings. The third-order valence-electron chi connectivity index (χ3n) is 3.80. The highest BCUT2D eigenvalue weighted by Crippen LogP contribution is 2.13. The zero-order valence-electron chi connectivity index (χ0n) is 13.2. The summed E-state index contributed by atoms with van der Waals surface area (Å²) in [5.74, 6) is 0.188. The molecule has 0 aliphatic rings. The molecule has 0 aliphatic heterocycles. The first kappa shape index (κ1) is 17.2. The fraction of sp³-hybridized carbons (Fsp3) is 0.529. The summed E-state index contributed by atoms with van der Waals surface area (Å²) < 4.78 is 0. The van der Waals surface area contributed by atoms with Crippen LogP contribution < -0.4 is 5.73 Å². The number of carbonyl (C=O) groups excluding carboxylic acids is 1. The quantitative estimate of drug-likeness (QED) is 0.838. The van der Waals surface area contributed by atoms with Crippen LogP contribution in [0.15, 0.2) is 24.3 Å². The summed E-state index contributed by atoms with van der Waals surface area (Å²) in [6.45, 7) is 7.34. The van der Waals surface area contributed by atoms with Gasteiger partial charge < -0.3 is 10.6 Å². The third kappa shape index (κ3) is 4.87. The zero-order valence-corrected chi connectivity index (χ0v) is 13.2. The van der Waals surface area contributed by atoms with E-state index in [2.05, 4.69) is 6.07 Å². The summed E-state index contributed by atoms with van der Waals surface area (Å²) in [6, 6.07) is 8.99. The fourth-order valence-corrected chi connectivity index (χ4v) is 2.15. The van der Waals surface area contributed by atoms with Gasteiger partial charge in [0.05, 0.1) is 17.7 Å². The molecule has 21 heavy (non-hydrogen) atoms. The fourth-order valence-electron chi connectivity index (χ4n) is 2.15. The molecule has 4 nitrogen and oxygen atoms in total. The molecular weight excluding hydrogens is 262 g/mol. The Kier molecular flexibility index (Phi) is 6.90. The molecule has 0 radical (unpaired) electrons. The van der Waals surface area contributed by atoms with Gasteiger partial charge in [0.1, 0.15) is 0 Å². The van der Waals surface area contributed by atoms with Gasteiger partial charge in [0.25, 0.3) is 0 Å². The first-order valence-corrected chi connectivity index (χ1v) is 7.56. The largest absolute Gasteiger partial charge is 0.337 e. The third-order valence-corrected chi connectivity index (χ3v) is 3.80. The molecule has 0 aliphatic carbocycles. The second-order valence-electron chi connectivity index (χ2n) is 5.48. The molecular formula is C17H25N3O. The van der Waals surface area contributed by atoms with Gasteiger partial charge in [-0.05, 0) is 30.0 Å². The van der Waals surface area contributed by atoms with Crippen molar-refractivity contribution in [2.45, 2.75) is 46.2 Å². The first-order chi connectivity index (χ1) is 10.0. The summed E-state index contributed by atoms with van der Waals surface area (Å²) in [4.78, 5) is 14.3. The van der Waals surface area contributed by atoms with E-state index < -0.39 is 6.04 Å². The van der Waals surface area contributed by atoms with Gasteiger partial charge in [0.15, 0.2) is 0 Å². The molecule has 0 bridgehead atoms.